The quantitative estimate of drug-likeness (QED) is 0.784. The highest BCUT2D eigenvalue weighted by atomic mass is 16.5. The van der Waals surface area contributed by atoms with Crippen LogP contribution in [0, 0.1) is 0 Å². The second-order valence-corrected chi connectivity index (χ2v) is 4.11. The Kier molecular flexibility index (Phi) is 4.73. The predicted molar refractivity (Wildman–Crippen MR) is 74.9 cm³/mol. The van der Waals surface area contributed by atoms with Crippen molar-refractivity contribution in [2.24, 2.45) is 5.73 Å². The van der Waals surface area contributed by atoms with E-state index in [-0.39, 0.29) is 5.97 Å². The number of oxazole rings is 1. The molecule has 0 aliphatic carbocycles. The summed E-state index contributed by atoms with van der Waals surface area (Å²) in [6, 6.07) is 7.30. The fourth-order valence-corrected chi connectivity index (χ4v) is 1.65. The molecule has 0 unspecified atom stereocenters. The van der Waals surface area contributed by atoms with Gasteiger partial charge in [-0.1, -0.05) is 0 Å². The summed E-state index contributed by atoms with van der Waals surface area (Å²) in [6.45, 7) is 2.66. The Morgan fingerprint density at radius 1 is 1.40 bits per heavy atom. The Labute approximate surface area is 116 Å². The van der Waals surface area contributed by atoms with Gasteiger partial charge in [-0.3, -0.25) is 0 Å². The molecule has 20 heavy (non-hydrogen) atoms. The van der Waals surface area contributed by atoms with Crippen molar-refractivity contribution in [1.29, 1.82) is 0 Å². The minimum atomic E-state index is -0.333. The van der Waals surface area contributed by atoms with Gasteiger partial charge < -0.3 is 20.2 Å². The van der Waals surface area contributed by atoms with Gasteiger partial charge in [0.2, 0.25) is 0 Å². The van der Waals surface area contributed by atoms with Crippen LogP contribution in [0.2, 0.25) is 0 Å². The molecule has 2 rings (SSSR count). The fourth-order valence-electron chi connectivity index (χ4n) is 1.65. The van der Waals surface area contributed by atoms with Crippen LogP contribution in [0.5, 0.6) is 0 Å². The molecule has 106 valence electrons. The molecule has 0 aliphatic rings. The summed E-state index contributed by atoms with van der Waals surface area (Å²) in [5.41, 5.74) is 7.53. The second kappa shape index (κ2) is 6.72. The third kappa shape index (κ3) is 3.58. The van der Waals surface area contributed by atoms with E-state index < -0.39 is 0 Å². The van der Waals surface area contributed by atoms with Crippen LogP contribution in [-0.4, -0.2) is 24.1 Å². The minimum Gasteiger partial charge on any atom is -0.462 e. The highest BCUT2D eigenvalue weighted by Gasteiger charge is 2.07. The van der Waals surface area contributed by atoms with Gasteiger partial charge in [-0.05, 0) is 37.7 Å². The molecule has 0 bridgehead atoms. The number of carbonyl (C=O) groups excluding carboxylic acids is 1. The zero-order chi connectivity index (χ0) is 14.4. The average molecular weight is 275 g/mol. The first-order chi connectivity index (χ1) is 9.72. The molecule has 1 aromatic carbocycles. The summed E-state index contributed by atoms with van der Waals surface area (Å²) >= 11 is 0. The summed E-state index contributed by atoms with van der Waals surface area (Å²) in [5.74, 6) is -0.333. The number of nitrogens with zero attached hydrogens (tertiary/aromatic N) is 1. The second-order valence-electron chi connectivity index (χ2n) is 4.11. The minimum absolute atomic E-state index is 0.333. The van der Waals surface area contributed by atoms with Crippen molar-refractivity contribution in [2.45, 2.75) is 13.3 Å². The summed E-state index contributed by atoms with van der Waals surface area (Å²) < 4.78 is 10.2. The molecule has 1 heterocycles. The molecule has 0 fully saturated rings. The summed E-state index contributed by atoms with van der Waals surface area (Å²) in [5, 5.41) is 3.01. The Balaban J connectivity index is 2.00. The lowest BCUT2D eigenvalue weighted by atomic mass is 10.2. The van der Waals surface area contributed by atoms with Gasteiger partial charge in [0.25, 0.3) is 6.01 Å². The maximum atomic E-state index is 11.5. The van der Waals surface area contributed by atoms with Crippen LogP contribution >= 0.6 is 0 Å². The van der Waals surface area contributed by atoms with Gasteiger partial charge in [0.15, 0.2) is 0 Å². The normalized spacial score (nSPS) is 10.3. The summed E-state index contributed by atoms with van der Waals surface area (Å²) in [7, 11) is 0. The number of carbonyl (C=O) groups is 1. The largest absolute Gasteiger partial charge is 0.462 e. The number of aromatic nitrogens is 1. The van der Waals surface area contributed by atoms with Crippen molar-refractivity contribution in [3.8, 4) is 0 Å². The number of nitrogens with one attached hydrogen (secondary N) is 1. The summed E-state index contributed by atoms with van der Waals surface area (Å²) in [6.07, 6.45) is 2.25. The molecular weight excluding hydrogens is 258 g/mol. The first kappa shape index (κ1) is 14.1. The van der Waals surface area contributed by atoms with Gasteiger partial charge in [0.1, 0.15) is 6.26 Å². The first-order valence-corrected chi connectivity index (χ1v) is 6.41. The van der Waals surface area contributed by atoms with Crippen LogP contribution in [0.4, 0.5) is 11.7 Å². The predicted octanol–water partition coefficient (Wildman–Crippen LogP) is 2.10. The van der Waals surface area contributed by atoms with Crippen LogP contribution in [0.15, 0.2) is 34.9 Å². The number of anilines is 2. The molecule has 0 amide bonds. The number of nitrogens with two attached hydrogens (primary N) is 1. The van der Waals surface area contributed by atoms with Crippen molar-refractivity contribution in [3.63, 3.8) is 0 Å². The molecule has 6 heteroatoms. The lowest BCUT2D eigenvalue weighted by Gasteiger charge is -2.04. The Hall–Kier alpha value is -2.34. The fraction of sp³-hybridized carbons (Fsp3) is 0.286. The molecule has 3 N–H and O–H groups in total. The van der Waals surface area contributed by atoms with Crippen LogP contribution in [0.25, 0.3) is 0 Å². The van der Waals surface area contributed by atoms with Crippen LogP contribution < -0.4 is 11.1 Å². The van der Waals surface area contributed by atoms with E-state index in [1.165, 1.54) is 0 Å². The molecule has 0 spiro atoms. The molecule has 0 aliphatic heterocycles. The van der Waals surface area contributed by atoms with Crippen molar-refractivity contribution < 1.29 is 13.9 Å². The van der Waals surface area contributed by atoms with Crippen molar-refractivity contribution >= 4 is 17.7 Å². The molecule has 0 radical (unpaired) electrons. The number of rotatable bonds is 6. The molecular formula is C14H17N3O3. The molecule has 6 nitrogen and oxygen atoms in total. The van der Waals surface area contributed by atoms with E-state index in [9.17, 15) is 4.79 Å². The first-order valence-electron chi connectivity index (χ1n) is 6.41. The number of hydrogen-bond donors (Lipinski definition) is 2. The average Bonchev–Trinajstić information content (AvgIpc) is 2.88. The third-order valence-corrected chi connectivity index (χ3v) is 2.60. The van der Waals surface area contributed by atoms with E-state index >= 15 is 0 Å². The number of hydrogen-bond acceptors (Lipinski definition) is 6. The van der Waals surface area contributed by atoms with E-state index in [1.54, 1.807) is 37.5 Å². The molecule has 1 aromatic heterocycles. The Morgan fingerprint density at radius 2 is 2.15 bits per heavy atom. The SMILES string of the molecule is CCOC(=O)c1ccc(Nc2nc(CCN)co2)cc1. The van der Waals surface area contributed by atoms with Gasteiger partial charge in [-0.25, -0.2) is 4.79 Å². The molecule has 0 saturated carbocycles. The molecule has 0 atom stereocenters. The Bertz CT molecular complexity index is 563. The smallest absolute Gasteiger partial charge is 0.338 e. The van der Waals surface area contributed by atoms with Crippen LogP contribution in [-0.2, 0) is 11.2 Å². The van der Waals surface area contributed by atoms with Crippen LogP contribution in [0.1, 0.15) is 23.0 Å². The number of esters is 1. The van der Waals surface area contributed by atoms with E-state index in [2.05, 4.69) is 10.3 Å². The maximum absolute atomic E-state index is 11.5. The van der Waals surface area contributed by atoms with Crippen molar-refractivity contribution in [3.05, 3.63) is 41.8 Å². The van der Waals surface area contributed by atoms with Crippen molar-refractivity contribution in [1.82, 2.24) is 4.98 Å². The zero-order valence-electron chi connectivity index (χ0n) is 11.3. The van der Waals surface area contributed by atoms with Gasteiger partial charge in [-0.15, -0.1) is 0 Å². The Morgan fingerprint density at radius 3 is 2.80 bits per heavy atom. The van der Waals surface area contributed by atoms with Crippen molar-refractivity contribution in [2.75, 3.05) is 18.5 Å². The molecule has 0 saturated heterocycles. The van der Waals surface area contributed by atoms with Crippen LogP contribution in [0.3, 0.4) is 0 Å². The van der Waals surface area contributed by atoms with Gasteiger partial charge in [0, 0.05) is 12.1 Å². The van der Waals surface area contributed by atoms with E-state index in [0.29, 0.717) is 31.2 Å². The summed E-state index contributed by atoms with van der Waals surface area (Å²) in [4.78, 5) is 15.7. The van der Waals surface area contributed by atoms with E-state index in [0.717, 1.165) is 11.4 Å². The lowest BCUT2D eigenvalue weighted by molar-refractivity contribution is 0.0526. The standard InChI is InChI=1S/C14H17N3O3/c1-2-19-13(18)10-3-5-11(6-4-10)16-14-17-12(7-8-15)9-20-14/h3-6,9H,2,7-8,15H2,1H3,(H,16,17). The van der Waals surface area contributed by atoms with Gasteiger partial charge in [-0.2, -0.15) is 4.98 Å². The lowest BCUT2D eigenvalue weighted by Crippen LogP contribution is -2.04. The maximum Gasteiger partial charge on any atom is 0.338 e. The molecule has 2 aromatic rings. The van der Waals surface area contributed by atoms with E-state index in [4.69, 9.17) is 14.9 Å². The highest BCUT2D eigenvalue weighted by molar-refractivity contribution is 5.89. The van der Waals surface area contributed by atoms with Gasteiger partial charge in [0.05, 0.1) is 17.9 Å². The topological polar surface area (TPSA) is 90.4 Å². The third-order valence-electron chi connectivity index (χ3n) is 2.60. The highest BCUT2D eigenvalue weighted by Crippen LogP contribution is 2.17. The number of benzene rings is 1. The zero-order valence-corrected chi connectivity index (χ0v) is 11.3. The number of ether oxygens (including phenoxy) is 1. The van der Waals surface area contributed by atoms with Gasteiger partial charge >= 0.3 is 5.97 Å². The van der Waals surface area contributed by atoms with E-state index in [1.807, 2.05) is 0 Å². The monoisotopic (exact) mass is 275 g/mol.